The molecule has 2 saturated heterocycles. The van der Waals surface area contributed by atoms with Gasteiger partial charge in [-0.1, -0.05) is 17.7 Å². The summed E-state index contributed by atoms with van der Waals surface area (Å²) in [5.41, 5.74) is 3.26. The van der Waals surface area contributed by atoms with Crippen molar-refractivity contribution in [2.24, 2.45) is 0 Å². The molecule has 1 aromatic rings. The normalized spacial score (nSPS) is 27.2. The van der Waals surface area contributed by atoms with Crippen LogP contribution < -0.4 is 5.43 Å². The van der Waals surface area contributed by atoms with Gasteiger partial charge in [0, 0.05) is 11.1 Å². The van der Waals surface area contributed by atoms with Crippen LogP contribution in [0.1, 0.15) is 18.4 Å². The van der Waals surface area contributed by atoms with Crippen molar-refractivity contribution in [2.45, 2.75) is 36.7 Å². The summed E-state index contributed by atoms with van der Waals surface area (Å²) in [5, 5.41) is 0.238. The van der Waals surface area contributed by atoms with Gasteiger partial charge in [0.25, 0.3) is 10.0 Å². The molecule has 2 fully saturated rings. The second-order valence-corrected chi connectivity index (χ2v) is 13.7. The number of aryl methyl sites for hydroxylation is 1. The van der Waals surface area contributed by atoms with Crippen LogP contribution in [0.2, 0.25) is 5.02 Å². The van der Waals surface area contributed by atoms with Crippen molar-refractivity contribution in [3.63, 3.8) is 0 Å². The lowest BCUT2D eigenvalue weighted by molar-refractivity contribution is 0.229. The zero-order valence-corrected chi connectivity index (χ0v) is 17.8. The molecule has 152 valence electrons. The minimum absolute atomic E-state index is 0.0300. The van der Waals surface area contributed by atoms with Crippen LogP contribution in [0.5, 0.6) is 0 Å². The molecule has 12 heteroatoms. The molecule has 8 nitrogen and oxygen atoms in total. The molecule has 2 aliphatic rings. The van der Waals surface area contributed by atoms with Crippen molar-refractivity contribution in [2.75, 3.05) is 23.0 Å². The number of hydrogen-bond donors (Lipinski definition) is 1. The van der Waals surface area contributed by atoms with Crippen LogP contribution in [0.25, 0.3) is 0 Å². The topological polar surface area (TPSA) is 118 Å². The Kier molecular flexibility index (Phi) is 5.65. The molecule has 2 atom stereocenters. The average Bonchev–Trinajstić information content (AvgIpc) is 3.08. The Bertz CT molecular complexity index is 1050. The number of nitrogens with one attached hydrogen (secondary N) is 1. The molecule has 1 aromatic carbocycles. The van der Waals surface area contributed by atoms with Gasteiger partial charge in [0.15, 0.2) is 19.7 Å². The molecule has 0 aromatic heterocycles. The Labute approximate surface area is 164 Å². The predicted octanol–water partition coefficient (Wildman–Crippen LogP) is 0.518. The van der Waals surface area contributed by atoms with Crippen molar-refractivity contribution in [1.82, 2.24) is 9.84 Å². The summed E-state index contributed by atoms with van der Waals surface area (Å²) in [6.45, 7) is 1.62. The van der Waals surface area contributed by atoms with E-state index >= 15 is 0 Å². The molecule has 3 rings (SSSR count). The van der Waals surface area contributed by atoms with Gasteiger partial charge in [0.1, 0.15) is 0 Å². The van der Waals surface area contributed by atoms with Crippen LogP contribution in [0.4, 0.5) is 0 Å². The Morgan fingerprint density at radius 3 is 2.26 bits per heavy atom. The van der Waals surface area contributed by atoms with Gasteiger partial charge in [0.05, 0.1) is 33.9 Å². The summed E-state index contributed by atoms with van der Waals surface area (Å²) in [7, 11) is -10.7. The molecule has 0 amide bonds. The molecule has 27 heavy (non-hydrogen) atoms. The third kappa shape index (κ3) is 4.65. The lowest BCUT2D eigenvalue weighted by atomic mass is 10.2. The highest BCUT2D eigenvalue weighted by Crippen LogP contribution is 2.28. The van der Waals surface area contributed by atoms with E-state index in [4.69, 9.17) is 11.6 Å². The van der Waals surface area contributed by atoms with Gasteiger partial charge in [-0.25, -0.2) is 30.7 Å². The molecule has 2 heterocycles. The van der Waals surface area contributed by atoms with Gasteiger partial charge in [-0.3, -0.25) is 0 Å². The summed E-state index contributed by atoms with van der Waals surface area (Å²) in [6, 6.07) is 3.06. The van der Waals surface area contributed by atoms with E-state index in [1.807, 2.05) is 0 Å². The van der Waals surface area contributed by atoms with Gasteiger partial charge >= 0.3 is 0 Å². The third-order valence-electron chi connectivity index (χ3n) is 4.77. The van der Waals surface area contributed by atoms with Crippen LogP contribution >= 0.6 is 11.6 Å². The summed E-state index contributed by atoms with van der Waals surface area (Å²) < 4.78 is 74.9. The van der Waals surface area contributed by atoms with Gasteiger partial charge in [-0.2, -0.15) is 0 Å². The first-order valence-electron chi connectivity index (χ1n) is 8.37. The first-order valence-corrected chi connectivity index (χ1v) is 13.8. The number of halogens is 1. The van der Waals surface area contributed by atoms with Crippen LogP contribution in [0.3, 0.4) is 0 Å². The van der Waals surface area contributed by atoms with Crippen molar-refractivity contribution >= 4 is 41.3 Å². The van der Waals surface area contributed by atoms with Crippen LogP contribution in [-0.4, -0.2) is 64.8 Å². The van der Waals surface area contributed by atoms with Crippen LogP contribution in [-0.2, 0) is 29.7 Å². The molecule has 0 spiro atoms. The zero-order valence-electron chi connectivity index (χ0n) is 14.6. The van der Waals surface area contributed by atoms with Gasteiger partial charge in [-0.15, -0.1) is 4.41 Å². The number of rotatable bonds is 5. The van der Waals surface area contributed by atoms with E-state index in [9.17, 15) is 25.3 Å². The maximum absolute atomic E-state index is 13.3. The average molecular weight is 457 g/mol. The number of sulfonamides is 1. The van der Waals surface area contributed by atoms with E-state index in [0.717, 1.165) is 4.41 Å². The minimum atomic E-state index is -4.13. The van der Waals surface area contributed by atoms with Crippen molar-refractivity contribution in [3.05, 3.63) is 28.8 Å². The van der Waals surface area contributed by atoms with Crippen LogP contribution in [0.15, 0.2) is 23.1 Å². The van der Waals surface area contributed by atoms with Crippen LogP contribution in [0, 0.1) is 6.92 Å². The predicted molar refractivity (Wildman–Crippen MR) is 102 cm³/mol. The number of nitrogens with zero attached hydrogens (tertiary/aromatic N) is 1. The van der Waals surface area contributed by atoms with Crippen molar-refractivity contribution in [3.8, 4) is 0 Å². The van der Waals surface area contributed by atoms with E-state index in [-0.39, 0.29) is 45.8 Å². The summed E-state index contributed by atoms with van der Waals surface area (Å²) in [5.74, 6) is -0.633. The molecule has 0 radical (unpaired) electrons. The Hall–Kier alpha value is -0.720. The SMILES string of the molecule is Cc1ccc(Cl)cc1S(=O)(=O)N(N[C@@H]1CCS(=O)(=O)C1)[C@@H]1CCS(=O)(=O)C1. The highest BCUT2D eigenvalue weighted by Gasteiger charge is 2.42. The molecule has 0 unspecified atom stereocenters. The Balaban J connectivity index is 1.99. The number of hydrogen-bond acceptors (Lipinski definition) is 7. The minimum Gasteiger partial charge on any atom is -0.237 e. The van der Waals surface area contributed by atoms with E-state index in [1.165, 1.54) is 6.07 Å². The van der Waals surface area contributed by atoms with Gasteiger partial charge in [-0.05, 0) is 37.5 Å². The Morgan fingerprint density at radius 1 is 1.07 bits per heavy atom. The second kappa shape index (κ2) is 7.27. The molecular formula is C15H21ClN2O6S3. The lowest BCUT2D eigenvalue weighted by Gasteiger charge is -2.31. The number of hydrazine groups is 1. The Morgan fingerprint density at radius 2 is 1.70 bits per heavy atom. The maximum Gasteiger partial charge on any atom is 0.256 e. The third-order valence-corrected chi connectivity index (χ3v) is 10.4. The fourth-order valence-electron chi connectivity index (χ4n) is 3.37. The molecular weight excluding hydrogens is 436 g/mol. The largest absolute Gasteiger partial charge is 0.256 e. The monoisotopic (exact) mass is 456 g/mol. The van der Waals surface area contributed by atoms with E-state index in [0.29, 0.717) is 5.56 Å². The van der Waals surface area contributed by atoms with E-state index < -0.39 is 41.8 Å². The highest BCUT2D eigenvalue weighted by atomic mass is 35.5. The lowest BCUT2D eigenvalue weighted by Crippen LogP contribution is -2.54. The van der Waals surface area contributed by atoms with Crippen molar-refractivity contribution < 1.29 is 25.3 Å². The van der Waals surface area contributed by atoms with Gasteiger partial charge in [0.2, 0.25) is 0 Å². The quantitative estimate of drug-likeness (QED) is 0.641. The molecule has 0 bridgehead atoms. The highest BCUT2D eigenvalue weighted by molar-refractivity contribution is 7.92. The standard InChI is InChI=1S/C15H21ClN2O6S3/c1-11-2-3-12(16)8-15(11)27(23,24)18(14-5-7-26(21,22)10-14)17-13-4-6-25(19,20)9-13/h2-3,8,13-14,17H,4-7,9-10H2,1H3/t13-,14-/m1/s1. The van der Waals surface area contributed by atoms with Crippen molar-refractivity contribution in [1.29, 1.82) is 0 Å². The van der Waals surface area contributed by atoms with E-state index in [1.54, 1.807) is 19.1 Å². The second-order valence-electron chi connectivity index (χ2n) is 7.00. The smallest absolute Gasteiger partial charge is 0.237 e. The zero-order chi connectivity index (χ0) is 20.0. The fourth-order valence-corrected chi connectivity index (χ4v) is 8.88. The number of sulfone groups is 2. The van der Waals surface area contributed by atoms with Gasteiger partial charge < -0.3 is 0 Å². The summed E-state index contributed by atoms with van der Waals surface area (Å²) in [6.07, 6.45) is 0.413. The maximum atomic E-state index is 13.3. The first-order chi connectivity index (χ1) is 12.4. The fraction of sp³-hybridized carbons (Fsp3) is 0.600. The first kappa shape index (κ1) is 21.0. The molecule has 1 N–H and O–H groups in total. The number of benzene rings is 1. The summed E-state index contributed by atoms with van der Waals surface area (Å²) in [4.78, 5) is -0.0346. The molecule has 0 saturated carbocycles. The molecule has 2 aliphatic heterocycles. The summed E-state index contributed by atoms with van der Waals surface area (Å²) >= 11 is 5.96. The molecule has 0 aliphatic carbocycles. The van der Waals surface area contributed by atoms with E-state index in [2.05, 4.69) is 5.43 Å².